The zero-order valence-corrected chi connectivity index (χ0v) is 17.8. The molecule has 1 amide bonds. The van der Waals surface area contributed by atoms with Crippen LogP contribution in [0.25, 0.3) is 10.9 Å². The average molecular weight is 438 g/mol. The van der Waals surface area contributed by atoms with Gasteiger partial charge in [-0.05, 0) is 42.7 Å². The normalized spacial score (nSPS) is 15.5. The molecule has 1 aromatic heterocycles. The van der Waals surface area contributed by atoms with Gasteiger partial charge in [0.2, 0.25) is 12.7 Å². The van der Waals surface area contributed by atoms with Crippen molar-refractivity contribution in [3.8, 4) is 11.5 Å². The van der Waals surface area contributed by atoms with E-state index in [2.05, 4.69) is 5.32 Å². The number of para-hydroxylation sites is 1. The fraction of sp³-hybridized carbons (Fsp3) is 0.348. The molecule has 0 spiro atoms. The second-order valence-corrected chi connectivity index (χ2v) is 8.77. The monoisotopic (exact) mass is 437 g/mol. The summed E-state index contributed by atoms with van der Waals surface area (Å²) < 4.78 is 12.5. The van der Waals surface area contributed by atoms with E-state index in [4.69, 9.17) is 14.5 Å². The Morgan fingerprint density at radius 1 is 1.13 bits per heavy atom. The minimum atomic E-state index is -0.123. The van der Waals surface area contributed by atoms with Crippen molar-refractivity contribution in [1.29, 1.82) is 0 Å². The van der Waals surface area contributed by atoms with Crippen molar-refractivity contribution >= 4 is 28.6 Å². The maximum Gasteiger partial charge on any atom is 0.262 e. The zero-order valence-electron chi connectivity index (χ0n) is 17.0. The number of ether oxygens (including phenoxy) is 2. The van der Waals surface area contributed by atoms with E-state index in [-0.39, 0.29) is 30.1 Å². The first-order valence-corrected chi connectivity index (χ1v) is 11.5. The highest BCUT2D eigenvalue weighted by molar-refractivity contribution is 7.99. The predicted molar refractivity (Wildman–Crippen MR) is 119 cm³/mol. The number of rotatable bonds is 6. The van der Waals surface area contributed by atoms with E-state index in [1.807, 2.05) is 36.4 Å². The summed E-state index contributed by atoms with van der Waals surface area (Å²) in [7, 11) is 0. The Morgan fingerprint density at radius 2 is 1.94 bits per heavy atom. The van der Waals surface area contributed by atoms with Gasteiger partial charge in [-0.2, -0.15) is 0 Å². The zero-order chi connectivity index (χ0) is 21.2. The number of nitrogens with zero attached hydrogens (tertiary/aromatic N) is 2. The van der Waals surface area contributed by atoms with Crippen LogP contribution in [0, 0.1) is 0 Å². The van der Waals surface area contributed by atoms with Gasteiger partial charge in [-0.25, -0.2) is 4.98 Å². The SMILES string of the molecule is O=C(CSc1nc2ccccc2c(=O)n1Cc1ccc2c(c1)OCO2)NC1CCCC1. The molecule has 0 radical (unpaired) electrons. The molecule has 5 rings (SSSR count). The summed E-state index contributed by atoms with van der Waals surface area (Å²) in [6.45, 7) is 0.535. The number of carbonyl (C=O) groups excluding carboxylic acids is 1. The molecule has 2 aliphatic rings. The van der Waals surface area contributed by atoms with Crippen molar-refractivity contribution in [3.05, 3.63) is 58.4 Å². The van der Waals surface area contributed by atoms with Crippen molar-refractivity contribution in [2.45, 2.75) is 43.4 Å². The van der Waals surface area contributed by atoms with Crippen molar-refractivity contribution in [3.63, 3.8) is 0 Å². The summed E-state index contributed by atoms with van der Waals surface area (Å²) in [6, 6.07) is 13.2. The molecule has 1 N–H and O–H groups in total. The molecule has 1 aliphatic carbocycles. The van der Waals surface area contributed by atoms with Crippen LogP contribution >= 0.6 is 11.8 Å². The second-order valence-electron chi connectivity index (χ2n) is 7.83. The molecule has 1 saturated carbocycles. The average Bonchev–Trinajstić information content (AvgIpc) is 3.46. The van der Waals surface area contributed by atoms with Crippen LogP contribution in [0.1, 0.15) is 31.2 Å². The van der Waals surface area contributed by atoms with E-state index < -0.39 is 0 Å². The molecule has 3 aromatic rings. The number of carbonyl (C=O) groups is 1. The van der Waals surface area contributed by atoms with E-state index in [1.54, 1.807) is 10.6 Å². The fourth-order valence-corrected chi connectivity index (χ4v) is 4.90. The Kier molecular flexibility index (Phi) is 5.55. The quantitative estimate of drug-likeness (QED) is 0.471. The van der Waals surface area contributed by atoms with Gasteiger partial charge in [0.25, 0.3) is 5.56 Å². The first-order chi connectivity index (χ1) is 15.2. The highest BCUT2D eigenvalue weighted by Crippen LogP contribution is 2.33. The Balaban J connectivity index is 1.43. The van der Waals surface area contributed by atoms with Crippen molar-refractivity contribution in [2.24, 2.45) is 0 Å². The van der Waals surface area contributed by atoms with Gasteiger partial charge in [0.15, 0.2) is 16.7 Å². The molecule has 2 heterocycles. The van der Waals surface area contributed by atoms with Gasteiger partial charge in [-0.1, -0.05) is 42.8 Å². The standard InChI is InChI=1S/C23H23N3O4S/c27-21(24-16-5-1-2-6-16)13-31-23-25-18-8-4-3-7-17(18)22(28)26(23)12-15-9-10-19-20(11-15)30-14-29-19/h3-4,7-11,16H,1-2,5-6,12-14H2,(H,24,27). The van der Waals surface area contributed by atoms with E-state index in [9.17, 15) is 9.59 Å². The number of hydrogen-bond acceptors (Lipinski definition) is 6. The molecule has 1 fully saturated rings. The summed E-state index contributed by atoms with van der Waals surface area (Å²) in [5, 5.41) is 4.18. The number of fused-ring (bicyclic) bond motifs is 2. The van der Waals surface area contributed by atoms with Crippen LogP contribution in [0.4, 0.5) is 0 Å². The molecule has 2 aromatic carbocycles. The lowest BCUT2D eigenvalue weighted by Gasteiger charge is -2.15. The van der Waals surface area contributed by atoms with E-state index in [0.29, 0.717) is 34.1 Å². The van der Waals surface area contributed by atoms with Gasteiger partial charge in [0.1, 0.15) is 0 Å². The largest absolute Gasteiger partial charge is 0.454 e. The van der Waals surface area contributed by atoms with Crippen LogP contribution in [0.5, 0.6) is 11.5 Å². The third-order valence-corrected chi connectivity index (χ3v) is 6.63. The van der Waals surface area contributed by atoms with E-state index >= 15 is 0 Å². The van der Waals surface area contributed by atoms with Crippen LogP contribution in [0.2, 0.25) is 0 Å². The summed E-state index contributed by atoms with van der Waals surface area (Å²) in [5.41, 5.74) is 1.41. The van der Waals surface area contributed by atoms with Crippen molar-refractivity contribution in [2.75, 3.05) is 12.5 Å². The molecule has 0 atom stereocenters. The van der Waals surface area contributed by atoms with Crippen LogP contribution in [0.3, 0.4) is 0 Å². The molecule has 8 heteroatoms. The first-order valence-electron chi connectivity index (χ1n) is 10.5. The number of nitrogens with one attached hydrogen (secondary N) is 1. The van der Waals surface area contributed by atoms with Gasteiger partial charge in [0, 0.05) is 6.04 Å². The van der Waals surface area contributed by atoms with E-state index in [0.717, 1.165) is 18.4 Å². The number of hydrogen-bond donors (Lipinski definition) is 1. The Labute approximate surface area is 183 Å². The minimum Gasteiger partial charge on any atom is -0.454 e. The van der Waals surface area contributed by atoms with Crippen LogP contribution in [-0.4, -0.2) is 34.0 Å². The van der Waals surface area contributed by atoms with Crippen molar-refractivity contribution in [1.82, 2.24) is 14.9 Å². The summed E-state index contributed by atoms with van der Waals surface area (Å²) in [6.07, 6.45) is 4.41. The topological polar surface area (TPSA) is 82.5 Å². The van der Waals surface area contributed by atoms with Crippen LogP contribution in [0.15, 0.2) is 52.4 Å². The lowest BCUT2D eigenvalue weighted by atomic mass is 10.2. The Hall–Kier alpha value is -3.00. The lowest BCUT2D eigenvalue weighted by molar-refractivity contribution is -0.119. The highest BCUT2D eigenvalue weighted by Gasteiger charge is 2.19. The fourth-order valence-electron chi connectivity index (χ4n) is 4.09. The minimum absolute atomic E-state index is 0.0195. The third kappa shape index (κ3) is 4.25. The number of benzene rings is 2. The van der Waals surface area contributed by atoms with Gasteiger partial charge in [-0.3, -0.25) is 14.2 Å². The molecule has 0 bridgehead atoms. The van der Waals surface area contributed by atoms with Crippen LogP contribution in [-0.2, 0) is 11.3 Å². The predicted octanol–water partition coefficient (Wildman–Crippen LogP) is 3.32. The number of amides is 1. The van der Waals surface area contributed by atoms with Gasteiger partial charge in [-0.15, -0.1) is 0 Å². The molecule has 1 aliphatic heterocycles. The van der Waals surface area contributed by atoms with E-state index in [1.165, 1.54) is 24.6 Å². The maximum atomic E-state index is 13.3. The van der Waals surface area contributed by atoms with Crippen LogP contribution < -0.4 is 20.3 Å². The third-order valence-electron chi connectivity index (χ3n) is 5.66. The number of aromatic nitrogens is 2. The molecule has 160 valence electrons. The maximum absolute atomic E-state index is 13.3. The van der Waals surface area contributed by atoms with Crippen molar-refractivity contribution < 1.29 is 14.3 Å². The first kappa shape index (κ1) is 19.9. The smallest absolute Gasteiger partial charge is 0.262 e. The summed E-state index contributed by atoms with van der Waals surface area (Å²) >= 11 is 1.30. The molecule has 7 nitrogen and oxygen atoms in total. The lowest BCUT2D eigenvalue weighted by Crippen LogP contribution is -2.34. The second kappa shape index (κ2) is 8.63. The highest BCUT2D eigenvalue weighted by atomic mass is 32.2. The summed E-state index contributed by atoms with van der Waals surface area (Å²) in [4.78, 5) is 30.4. The van der Waals surface area contributed by atoms with Gasteiger partial charge >= 0.3 is 0 Å². The summed E-state index contributed by atoms with van der Waals surface area (Å²) in [5.74, 6) is 1.58. The molecule has 31 heavy (non-hydrogen) atoms. The molecular formula is C23H23N3O4S. The Bertz CT molecular complexity index is 1190. The van der Waals surface area contributed by atoms with Gasteiger partial charge < -0.3 is 14.8 Å². The number of thioether (sulfide) groups is 1. The Morgan fingerprint density at radius 3 is 2.81 bits per heavy atom. The molecule has 0 unspecified atom stereocenters. The van der Waals surface area contributed by atoms with Gasteiger partial charge in [0.05, 0.1) is 23.2 Å². The molecule has 0 saturated heterocycles. The molecular weight excluding hydrogens is 414 g/mol.